The molecule has 0 saturated carbocycles. The number of benzene rings is 1. The second kappa shape index (κ2) is 5.49. The molecule has 2 aliphatic heterocycles. The molecule has 2 heterocycles. The van der Waals surface area contributed by atoms with Gasteiger partial charge in [0.2, 0.25) is 0 Å². The fourth-order valence-corrected chi connectivity index (χ4v) is 3.86. The largest absolute Gasteiger partial charge is 0.490 e. The van der Waals surface area contributed by atoms with Gasteiger partial charge in [-0.1, -0.05) is 12.1 Å². The third kappa shape index (κ3) is 2.50. The van der Waals surface area contributed by atoms with E-state index in [1.54, 1.807) is 6.07 Å². The van der Waals surface area contributed by atoms with E-state index in [1.165, 1.54) is 24.0 Å². The molecule has 1 saturated heterocycles. The molecule has 1 aromatic carbocycles. The quantitative estimate of drug-likeness (QED) is 0.889. The Bertz CT molecular complexity index is 420. The van der Waals surface area contributed by atoms with Gasteiger partial charge in [-0.25, -0.2) is 4.39 Å². The first-order valence-corrected chi connectivity index (χ1v) is 7.75. The molecule has 98 valence electrons. The van der Waals surface area contributed by atoms with Crippen LogP contribution >= 0.6 is 11.8 Å². The van der Waals surface area contributed by atoms with E-state index in [0.29, 0.717) is 18.4 Å². The van der Waals surface area contributed by atoms with E-state index in [2.05, 4.69) is 5.32 Å². The first-order valence-electron chi connectivity index (χ1n) is 6.59. The monoisotopic (exact) mass is 267 g/mol. The van der Waals surface area contributed by atoms with Crippen LogP contribution in [0.15, 0.2) is 18.2 Å². The van der Waals surface area contributed by atoms with Crippen LogP contribution in [-0.2, 0) is 0 Å². The van der Waals surface area contributed by atoms with Crippen LogP contribution < -0.4 is 10.1 Å². The summed E-state index contributed by atoms with van der Waals surface area (Å²) in [5, 5.41) is 3.67. The fraction of sp³-hybridized carbons (Fsp3) is 0.571. The number of para-hydroxylation sites is 1. The highest BCUT2D eigenvalue weighted by atomic mass is 32.2. The molecule has 1 fully saturated rings. The predicted octanol–water partition coefficient (Wildman–Crippen LogP) is 3.13. The molecule has 0 aliphatic carbocycles. The average Bonchev–Trinajstić information content (AvgIpc) is 2.79. The van der Waals surface area contributed by atoms with Crippen molar-refractivity contribution in [3.8, 4) is 5.75 Å². The van der Waals surface area contributed by atoms with Crippen molar-refractivity contribution in [2.24, 2.45) is 0 Å². The summed E-state index contributed by atoms with van der Waals surface area (Å²) in [6.45, 7) is 0.617. The Morgan fingerprint density at radius 2 is 2.28 bits per heavy atom. The maximum atomic E-state index is 13.8. The van der Waals surface area contributed by atoms with Crippen LogP contribution in [0.3, 0.4) is 0 Å². The lowest BCUT2D eigenvalue weighted by molar-refractivity contribution is 0.300. The Morgan fingerprint density at radius 1 is 1.33 bits per heavy atom. The average molecular weight is 267 g/mol. The number of halogens is 1. The first kappa shape index (κ1) is 12.3. The highest BCUT2D eigenvalue weighted by Gasteiger charge is 2.25. The van der Waals surface area contributed by atoms with Crippen LogP contribution in [0.4, 0.5) is 4.39 Å². The molecule has 2 aliphatic rings. The molecule has 4 heteroatoms. The Balaban J connectivity index is 1.84. The maximum absolute atomic E-state index is 13.8. The molecule has 1 aromatic rings. The molecular formula is C14H18FNOS. The van der Waals surface area contributed by atoms with Gasteiger partial charge in [-0.3, -0.25) is 0 Å². The number of hydrogen-bond acceptors (Lipinski definition) is 3. The van der Waals surface area contributed by atoms with Crippen molar-refractivity contribution < 1.29 is 9.13 Å². The SMILES string of the molecule is Fc1cccc2c1OCCC[C@@H]2N[C@H]1CCSC1. The minimum absolute atomic E-state index is 0.234. The Kier molecular flexibility index (Phi) is 3.75. The maximum Gasteiger partial charge on any atom is 0.165 e. The molecule has 0 unspecified atom stereocenters. The van der Waals surface area contributed by atoms with Crippen molar-refractivity contribution >= 4 is 11.8 Å². The lowest BCUT2D eigenvalue weighted by Crippen LogP contribution is -2.32. The second-order valence-electron chi connectivity index (χ2n) is 4.93. The van der Waals surface area contributed by atoms with Crippen molar-refractivity contribution in [2.75, 3.05) is 18.1 Å². The standard InChI is InChI=1S/C14H18FNOS/c15-12-4-1-3-11-13(5-2-7-17-14(11)12)16-10-6-8-18-9-10/h1,3-4,10,13,16H,2,5-9H2/t10-,13-/m0/s1. The van der Waals surface area contributed by atoms with Gasteiger partial charge in [0.05, 0.1) is 6.61 Å². The van der Waals surface area contributed by atoms with Gasteiger partial charge in [-0.15, -0.1) is 0 Å². The van der Waals surface area contributed by atoms with Crippen LogP contribution in [0.1, 0.15) is 30.9 Å². The first-order chi connectivity index (χ1) is 8.84. The molecule has 3 rings (SSSR count). The number of nitrogens with one attached hydrogen (secondary N) is 1. The minimum Gasteiger partial charge on any atom is -0.490 e. The molecule has 0 bridgehead atoms. The van der Waals surface area contributed by atoms with E-state index < -0.39 is 0 Å². The molecule has 0 amide bonds. The number of rotatable bonds is 2. The number of thioether (sulfide) groups is 1. The van der Waals surface area contributed by atoms with Gasteiger partial charge in [0, 0.05) is 23.4 Å². The zero-order chi connectivity index (χ0) is 12.4. The lowest BCUT2D eigenvalue weighted by atomic mass is 10.0. The lowest BCUT2D eigenvalue weighted by Gasteiger charge is -2.22. The van der Waals surface area contributed by atoms with Crippen molar-refractivity contribution in [3.05, 3.63) is 29.6 Å². The summed E-state index contributed by atoms with van der Waals surface area (Å²) in [4.78, 5) is 0. The van der Waals surface area contributed by atoms with Gasteiger partial charge in [-0.2, -0.15) is 11.8 Å². The zero-order valence-electron chi connectivity index (χ0n) is 10.3. The Morgan fingerprint density at radius 3 is 3.11 bits per heavy atom. The topological polar surface area (TPSA) is 21.3 Å². The van der Waals surface area contributed by atoms with Crippen molar-refractivity contribution in [1.29, 1.82) is 0 Å². The highest BCUT2D eigenvalue weighted by molar-refractivity contribution is 7.99. The van der Waals surface area contributed by atoms with E-state index in [1.807, 2.05) is 17.8 Å². The van der Waals surface area contributed by atoms with E-state index in [9.17, 15) is 4.39 Å². The van der Waals surface area contributed by atoms with Crippen molar-refractivity contribution in [1.82, 2.24) is 5.32 Å². The molecule has 2 nitrogen and oxygen atoms in total. The minimum atomic E-state index is -0.234. The molecule has 1 N–H and O–H groups in total. The Labute approximate surface area is 111 Å². The van der Waals surface area contributed by atoms with Crippen molar-refractivity contribution in [3.63, 3.8) is 0 Å². The summed E-state index contributed by atoms with van der Waals surface area (Å²) in [5.74, 6) is 2.62. The normalized spacial score (nSPS) is 27.4. The van der Waals surface area contributed by atoms with E-state index in [-0.39, 0.29) is 11.9 Å². The van der Waals surface area contributed by atoms with E-state index in [0.717, 1.165) is 18.4 Å². The zero-order valence-corrected chi connectivity index (χ0v) is 11.1. The molecule has 18 heavy (non-hydrogen) atoms. The summed E-state index contributed by atoms with van der Waals surface area (Å²) in [5.41, 5.74) is 0.990. The van der Waals surface area contributed by atoms with Gasteiger partial charge in [0.15, 0.2) is 11.6 Å². The van der Waals surface area contributed by atoms with Gasteiger partial charge < -0.3 is 10.1 Å². The molecule has 0 radical (unpaired) electrons. The van der Waals surface area contributed by atoms with E-state index >= 15 is 0 Å². The predicted molar refractivity (Wildman–Crippen MR) is 72.7 cm³/mol. The summed E-state index contributed by atoms with van der Waals surface area (Å²) in [7, 11) is 0. The van der Waals surface area contributed by atoms with Gasteiger partial charge in [-0.05, 0) is 31.1 Å². The van der Waals surface area contributed by atoms with Gasteiger partial charge >= 0.3 is 0 Å². The summed E-state index contributed by atoms with van der Waals surface area (Å²) < 4.78 is 19.3. The third-order valence-electron chi connectivity index (χ3n) is 3.62. The summed E-state index contributed by atoms with van der Waals surface area (Å²) >= 11 is 1.99. The van der Waals surface area contributed by atoms with Crippen LogP contribution in [-0.4, -0.2) is 24.2 Å². The number of ether oxygens (including phenoxy) is 1. The van der Waals surface area contributed by atoms with E-state index in [4.69, 9.17) is 4.74 Å². The summed E-state index contributed by atoms with van der Waals surface area (Å²) in [6.07, 6.45) is 3.22. The van der Waals surface area contributed by atoms with Crippen LogP contribution in [0, 0.1) is 5.82 Å². The van der Waals surface area contributed by atoms with Crippen LogP contribution in [0.2, 0.25) is 0 Å². The summed E-state index contributed by atoms with van der Waals surface area (Å²) in [6, 6.07) is 6.05. The highest BCUT2D eigenvalue weighted by Crippen LogP contribution is 2.34. The number of hydrogen-bond donors (Lipinski definition) is 1. The van der Waals surface area contributed by atoms with Crippen LogP contribution in [0.5, 0.6) is 5.75 Å². The fourth-order valence-electron chi connectivity index (χ4n) is 2.69. The Hall–Kier alpha value is -0.740. The molecule has 2 atom stereocenters. The smallest absolute Gasteiger partial charge is 0.165 e. The van der Waals surface area contributed by atoms with Gasteiger partial charge in [0.25, 0.3) is 0 Å². The number of fused-ring (bicyclic) bond motifs is 1. The molecule has 0 aromatic heterocycles. The molecular weight excluding hydrogens is 249 g/mol. The molecule has 0 spiro atoms. The van der Waals surface area contributed by atoms with Gasteiger partial charge in [0.1, 0.15) is 0 Å². The second-order valence-corrected chi connectivity index (χ2v) is 6.08. The third-order valence-corrected chi connectivity index (χ3v) is 4.79. The van der Waals surface area contributed by atoms with Crippen molar-refractivity contribution in [2.45, 2.75) is 31.3 Å². The van der Waals surface area contributed by atoms with Crippen LogP contribution in [0.25, 0.3) is 0 Å².